The molecule has 0 fully saturated rings. The van der Waals surface area contributed by atoms with Crippen molar-refractivity contribution in [3.8, 4) is 0 Å². The maximum atomic E-state index is 10.9. The minimum atomic E-state index is -0.00135. The summed E-state index contributed by atoms with van der Waals surface area (Å²) in [5, 5.41) is 1.21. The van der Waals surface area contributed by atoms with Crippen molar-refractivity contribution in [2.24, 2.45) is 0 Å². The highest BCUT2D eigenvalue weighted by Crippen LogP contribution is 2.26. The Bertz CT molecular complexity index is 394. The number of ketones is 1. The van der Waals surface area contributed by atoms with E-state index in [0.29, 0.717) is 10.0 Å². The van der Waals surface area contributed by atoms with Crippen LogP contribution in [0.25, 0.3) is 5.57 Å². The minimum absolute atomic E-state index is 0.00135. The summed E-state index contributed by atoms with van der Waals surface area (Å²) in [6, 6.07) is 5.18. The molecule has 0 bridgehead atoms. The molecule has 0 amide bonds. The lowest BCUT2D eigenvalue weighted by Gasteiger charge is -2.04. The van der Waals surface area contributed by atoms with E-state index in [1.54, 1.807) is 18.2 Å². The molecule has 3 heteroatoms. The third-order valence-electron chi connectivity index (χ3n) is 1.77. The van der Waals surface area contributed by atoms with Crippen LogP contribution in [0.5, 0.6) is 0 Å². The molecule has 1 nitrogen and oxygen atoms in total. The molecule has 1 aromatic carbocycles. The first-order chi connectivity index (χ1) is 6.50. The molecule has 14 heavy (non-hydrogen) atoms. The second-order valence-electron chi connectivity index (χ2n) is 3.06. The minimum Gasteiger partial charge on any atom is -0.295 e. The van der Waals surface area contributed by atoms with E-state index in [1.165, 1.54) is 13.0 Å². The molecular formula is C11H10Cl2O. The summed E-state index contributed by atoms with van der Waals surface area (Å²) in [4.78, 5) is 10.9. The van der Waals surface area contributed by atoms with Crippen LogP contribution in [0.15, 0.2) is 24.3 Å². The molecule has 0 unspecified atom stereocenters. The second-order valence-corrected chi connectivity index (χ2v) is 3.91. The number of allylic oxidation sites excluding steroid dienone is 2. The smallest absolute Gasteiger partial charge is 0.152 e. The van der Waals surface area contributed by atoms with E-state index in [4.69, 9.17) is 23.2 Å². The Hall–Kier alpha value is -0.790. The number of carbonyl (C=O) groups excluding carboxylic acids is 1. The average Bonchev–Trinajstić information content (AvgIpc) is 2.08. The van der Waals surface area contributed by atoms with Crippen molar-refractivity contribution in [2.75, 3.05) is 0 Å². The largest absolute Gasteiger partial charge is 0.295 e. The van der Waals surface area contributed by atoms with Gasteiger partial charge in [-0.2, -0.15) is 0 Å². The van der Waals surface area contributed by atoms with Crippen LogP contribution in [-0.4, -0.2) is 5.78 Å². The fraction of sp³-hybridized carbons (Fsp3) is 0.182. The number of halogens is 2. The average molecular weight is 229 g/mol. The first-order valence-electron chi connectivity index (χ1n) is 4.15. The molecule has 0 aliphatic carbocycles. The first-order valence-corrected chi connectivity index (χ1v) is 4.90. The number of benzene rings is 1. The maximum absolute atomic E-state index is 10.9. The third kappa shape index (κ3) is 2.86. The molecule has 0 radical (unpaired) electrons. The third-order valence-corrected chi connectivity index (χ3v) is 2.34. The second kappa shape index (κ2) is 4.63. The predicted octanol–water partition coefficient (Wildman–Crippen LogP) is 3.99. The summed E-state index contributed by atoms with van der Waals surface area (Å²) in [5.74, 6) is -0.00135. The summed E-state index contributed by atoms with van der Waals surface area (Å²) in [6.07, 6.45) is 1.54. The zero-order chi connectivity index (χ0) is 10.7. The van der Waals surface area contributed by atoms with Gasteiger partial charge in [0.25, 0.3) is 0 Å². The topological polar surface area (TPSA) is 17.1 Å². The molecule has 0 N–H and O–H groups in total. The van der Waals surface area contributed by atoms with Gasteiger partial charge in [-0.1, -0.05) is 23.2 Å². The highest BCUT2D eigenvalue weighted by Gasteiger charge is 2.03. The number of carbonyl (C=O) groups is 1. The van der Waals surface area contributed by atoms with Gasteiger partial charge >= 0.3 is 0 Å². The SMILES string of the molecule is CC(=O)/C=C(\C)c1cc(Cl)ccc1Cl. The van der Waals surface area contributed by atoms with Crippen molar-refractivity contribution in [3.63, 3.8) is 0 Å². The Balaban J connectivity index is 3.18. The number of rotatable bonds is 2. The van der Waals surface area contributed by atoms with Gasteiger partial charge in [-0.25, -0.2) is 0 Å². The molecule has 0 aliphatic heterocycles. The molecule has 1 aromatic rings. The molecule has 0 saturated carbocycles. The van der Waals surface area contributed by atoms with Gasteiger partial charge in [-0.05, 0) is 49.3 Å². The fourth-order valence-electron chi connectivity index (χ4n) is 1.18. The van der Waals surface area contributed by atoms with E-state index < -0.39 is 0 Å². The van der Waals surface area contributed by atoms with Crippen LogP contribution >= 0.6 is 23.2 Å². The van der Waals surface area contributed by atoms with Crippen molar-refractivity contribution in [1.82, 2.24) is 0 Å². The van der Waals surface area contributed by atoms with Gasteiger partial charge in [0, 0.05) is 10.0 Å². The van der Waals surface area contributed by atoms with Crippen LogP contribution in [0, 0.1) is 0 Å². The van der Waals surface area contributed by atoms with Crippen LogP contribution in [0.2, 0.25) is 10.0 Å². The van der Waals surface area contributed by atoms with E-state index in [-0.39, 0.29) is 5.78 Å². The zero-order valence-electron chi connectivity index (χ0n) is 7.97. The van der Waals surface area contributed by atoms with E-state index in [2.05, 4.69) is 0 Å². The zero-order valence-corrected chi connectivity index (χ0v) is 9.49. The summed E-state index contributed by atoms with van der Waals surface area (Å²) in [6.45, 7) is 3.33. The van der Waals surface area contributed by atoms with Crippen molar-refractivity contribution < 1.29 is 4.79 Å². The van der Waals surface area contributed by atoms with Crippen molar-refractivity contribution in [1.29, 1.82) is 0 Å². The Morgan fingerprint density at radius 1 is 1.29 bits per heavy atom. The number of hydrogen-bond acceptors (Lipinski definition) is 1. The Kier molecular flexibility index (Phi) is 3.73. The van der Waals surface area contributed by atoms with Crippen molar-refractivity contribution in [2.45, 2.75) is 13.8 Å². The molecule has 0 aliphatic rings. The van der Waals surface area contributed by atoms with Gasteiger partial charge in [0.05, 0.1) is 0 Å². The Labute approximate surface area is 93.3 Å². The van der Waals surface area contributed by atoms with Gasteiger partial charge < -0.3 is 0 Å². The summed E-state index contributed by atoms with van der Waals surface area (Å²) >= 11 is 11.8. The fourth-order valence-corrected chi connectivity index (χ4v) is 1.62. The standard InChI is InChI=1S/C11H10Cl2O/c1-7(5-8(2)14)10-6-9(12)3-4-11(10)13/h3-6H,1-2H3/b7-5+. The normalized spacial score (nSPS) is 11.6. The summed E-state index contributed by atoms with van der Waals surface area (Å²) in [5.41, 5.74) is 1.62. The highest BCUT2D eigenvalue weighted by molar-refractivity contribution is 6.34. The lowest BCUT2D eigenvalue weighted by atomic mass is 10.1. The molecule has 74 valence electrons. The first kappa shape index (κ1) is 11.3. The molecule has 1 rings (SSSR count). The molecule has 0 spiro atoms. The van der Waals surface area contributed by atoms with Crippen molar-refractivity contribution in [3.05, 3.63) is 39.9 Å². The molecule has 0 aromatic heterocycles. The van der Waals surface area contributed by atoms with Gasteiger partial charge in [-0.15, -0.1) is 0 Å². The van der Waals surface area contributed by atoms with Gasteiger partial charge in [0.2, 0.25) is 0 Å². The molecule has 0 heterocycles. The Morgan fingerprint density at radius 3 is 2.50 bits per heavy atom. The molecular weight excluding hydrogens is 219 g/mol. The monoisotopic (exact) mass is 228 g/mol. The van der Waals surface area contributed by atoms with Crippen LogP contribution in [0.3, 0.4) is 0 Å². The quantitative estimate of drug-likeness (QED) is 0.701. The molecule has 0 saturated heterocycles. The van der Waals surface area contributed by atoms with Gasteiger partial charge in [0.15, 0.2) is 5.78 Å². The Morgan fingerprint density at radius 2 is 1.93 bits per heavy atom. The van der Waals surface area contributed by atoms with Crippen molar-refractivity contribution >= 4 is 34.6 Å². The van der Waals surface area contributed by atoms with Crippen LogP contribution in [0.4, 0.5) is 0 Å². The van der Waals surface area contributed by atoms with E-state index >= 15 is 0 Å². The number of hydrogen-bond donors (Lipinski definition) is 0. The van der Waals surface area contributed by atoms with Gasteiger partial charge in [0.1, 0.15) is 0 Å². The maximum Gasteiger partial charge on any atom is 0.152 e. The van der Waals surface area contributed by atoms with Gasteiger partial charge in [-0.3, -0.25) is 4.79 Å². The van der Waals surface area contributed by atoms with Crippen LogP contribution in [-0.2, 0) is 4.79 Å². The summed E-state index contributed by atoms with van der Waals surface area (Å²) < 4.78 is 0. The van der Waals surface area contributed by atoms with E-state index in [0.717, 1.165) is 11.1 Å². The van der Waals surface area contributed by atoms with E-state index in [1.807, 2.05) is 6.92 Å². The lowest BCUT2D eigenvalue weighted by molar-refractivity contribution is -0.112. The summed E-state index contributed by atoms with van der Waals surface area (Å²) in [7, 11) is 0. The highest BCUT2D eigenvalue weighted by atomic mass is 35.5. The van der Waals surface area contributed by atoms with Crippen LogP contribution < -0.4 is 0 Å². The van der Waals surface area contributed by atoms with E-state index in [9.17, 15) is 4.79 Å². The lowest BCUT2D eigenvalue weighted by Crippen LogP contribution is -1.87. The predicted molar refractivity (Wildman–Crippen MR) is 60.8 cm³/mol. The van der Waals surface area contributed by atoms with Crippen LogP contribution in [0.1, 0.15) is 19.4 Å². The molecule has 0 atom stereocenters.